The first-order valence-corrected chi connectivity index (χ1v) is 38.9. The normalized spacial score (nSPS) is 15.3. The Labute approximate surface area is 688 Å². The molecule has 4 atom stereocenters. The van der Waals surface area contributed by atoms with Gasteiger partial charge in [0.15, 0.2) is 23.0 Å². The number of aromatic nitrogens is 4. The molecular formula is C93H89Cl3N8O12. The van der Waals surface area contributed by atoms with Crippen LogP contribution in [0.25, 0.3) is 44.5 Å². The minimum atomic E-state index is -0.914. The summed E-state index contributed by atoms with van der Waals surface area (Å²) in [6.07, 6.45) is 0.982. The minimum Gasteiger partial charge on any atom is -0.508 e. The van der Waals surface area contributed by atoms with Crippen molar-refractivity contribution in [2.24, 2.45) is 20.0 Å². The average molecular weight is 1620 g/mol. The van der Waals surface area contributed by atoms with Crippen LogP contribution in [0.3, 0.4) is 0 Å². The topological polar surface area (TPSA) is 281 Å². The number of phenolic OH excluding ortho intramolecular Hbond substituents is 1. The van der Waals surface area contributed by atoms with Gasteiger partial charge in [0.2, 0.25) is 0 Å². The summed E-state index contributed by atoms with van der Waals surface area (Å²) in [7, 11) is 0. The number of nitrogens with zero attached hydrogens (tertiary/aromatic N) is 8. The van der Waals surface area contributed by atoms with Crippen molar-refractivity contribution in [1.29, 1.82) is 0 Å². The summed E-state index contributed by atoms with van der Waals surface area (Å²) >= 11 is 18.2. The lowest BCUT2D eigenvalue weighted by molar-refractivity contribution is -0.118. The number of hydrogen-bond donors (Lipinski definition) is 2. The van der Waals surface area contributed by atoms with Crippen LogP contribution in [-0.2, 0) is 24.8 Å². The van der Waals surface area contributed by atoms with E-state index in [0.29, 0.717) is 50.4 Å². The summed E-state index contributed by atoms with van der Waals surface area (Å²) in [6, 6.07) is 53.4. The number of rotatable bonds is 17. The Morgan fingerprint density at radius 2 is 0.707 bits per heavy atom. The molecule has 4 aliphatic heterocycles. The number of aliphatic imine (C=N–C) groups is 4. The Morgan fingerprint density at radius 1 is 0.414 bits per heavy atom. The van der Waals surface area contributed by atoms with Gasteiger partial charge in [0.05, 0.1) is 86.2 Å². The van der Waals surface area contributed by atoms with Crippen molar-refractivity contribution in [2.75, 3.05) is 6.61 Å². The lowest BCUT2D eigenvalue weighted by Gasteiger charge is -2.18. The Hall–Kier alpha value is -11.8. The molecule has 2 N–H and O–H groups in total. The molecule has 0 saturated heterocycles. The standard InChI is InChI=1S/C24H23ClN2O3.C24H24N2O3.C23H21ClN2O3.C21H17ClN2O3.CH4/c1-13(2)29-18-9-10-19-20(12-18)23(16-5-7-17(25)8-6-16)26-21(11-14(3)28)24-22(19)15(4)27-30-24;1-14(27)13-20-23-21(15(2)26-29-23)18-7-5-6-8-19(18)22(25-20)16-9-11-17(12-10-16)24(3,4)28;1-4-28-17-9-10-18-19(12-17)22(15-5-7-16(24)8-6-15)25-20(11-13(2)27)23-21(18)14(3)26-29-23;1-11(25)9-18-21-19(12(2)24-27-21)16-8-7-15(26)10-17(16)20(23-18)13-3-5-14(22)6-4-13;/h5-10,12-13,21H,11H2,1-4H3;5-12,20,28H,13H2,1-4H3;5-10,12,20H,4,11H2,1-3H3;3-8,10,18,26H,9H2,1-2H3;1H4/t21-;2*20-;18-;/m0000./s1. The van der Waals surface area contributed by atoms with E-state index in [4.69, 9.17) is 82.3 Å². The first-order chi connectivity index (χ1) is 55.0. The highest BCUT2D eigenvalue weighted by Crippen LogP contribution is 2.47. The number of ether oxygens (including phenoxy) is 2. The molecule has 0 fully saturated rings. The van der Waals surface area contributed by atoms with Crippen molar-refractivity contribution in [3.05, 3.63) is 287 Å². The average Bonchev–Trinajstić information content (AvgIpc) is 1.68. The number of fused-ring (bicyclic) bond motifs is 12. The van der Waals surface area contributed by atoms with Crippen LogP contribution in [0, 0.1) is 27.7 Å². The van der Waals surface area contributed by atoms with Gasteiger partial charge in [-0.05, 0) is 209 Å². The van der Waals surface area contributed by atoms with Crippen molar-refractivity contribution in [3.63, 3.8) is 0 Å². The summed E-state index contributed by atoms with van der Waals surface area (Å²) < 4.78 is 34.2. The maximum Gasteiger partial charge on any atom is 0.169 e. The molecule has 4 aliphatic rings. The zero-order valence-electron chi connectivity index (χ0n) is 65.9. The van der Waals surface area contributed by atoms with Crippen LogP contribution in [0.2, 0.25) is 15.1 Å². The summed E-state index contributed by atoms with van der Waals surface area (Å²) in [5.74, 6) is 4.21. The van der Waals surface area contributed by atoms with Gasteiger partial charge in [0.25, 0.3) is 0 Å². The Kier molecular flexibility index (Phi) is 25.6. The largest absolute Gasteiger partial charge is 0.508 e. The molecule has 0 saturated carbocycles. The van der Waals surface area contributed by atoms with Gasteiger partial charge in [0.1, 0.15) is 64.5 Å². The maximum atomic E-state index is 12.0. The monoisotopic (exact) mass is 1610 g/mol. The SMILES string of the molecule is C.CC(=O)C[C@@H]1N=C(c2ccc(C(C)(C)O)cc2)c2ccccc2-c2c(C)noc21.CC(=O)C[C@@H]1N=C(c2ccc(Cl)cc2)c2cc(O)ccc2-c2c(C)noc21.CC(=O)C[C@@H]1N=C(c2ccc(Cl)cc2)c2cc(OC(C)C)ccc2-c2c(C)noc21.CCOc1ccc2c(c1)C(c1ccc(Cl)cc1)=N[C@@H](CC(C)=O)c1onc(C)c1-2. The van der Waals surface area contributed by atoms with Gasteiger partial charge < -0.3 is 37.8 Å². The number of hydrogen-bond acceptors (Lipinski definition) is 20. The fourth-order valence-electron chi connectivity index (χ4n) is 14.7. The zero-order valence-corrected chi connectivity index (χ0v) is 68.1. The predicted molar refractivity (Wildman–Crippen MR) is 453 cm³/mol. The highest BCUT2D eigenvalue weighted by atomic mass is 35.5. The van der Waals surface area contributed by atoms with Gasteiger partial charge in [-0.1, -0.05) is 148 Å². The van der Waals surface area contributed by atoms with E-state index in [-0.39, 0.29) is 68.1 Å². The van der Waals surface area contributed by atoms with Gasteiger partial charge in [0, 0.05) is 85.3 Å². The summed E-state index contributed by atoms with van der Waals surface area (Å²) in [5.41, 5.74) is 20.4. The van der Waals surface area contributed by atoms with E-state index in [2.05, 4.69) is 20.6 Å². The third-order valence-electron chi connectivity index (χ3n) is 19.7. The Balaban J connectivity index is 0.000000142. The quantitative estimate of drug-likeness (QED) is 0.0857. The molecule has 8 heterocycles. The second kappa shape index (κ2) is 35.5. The van der Waals surface area contributed by atoms with Gasteiger partial charge >= 0.3 is 0 Å². The molecule has 20 nitrogen and oxygen atoms in total. The van der Waals surface area contributed by atoms with E-state index in [9.17, 15) is 29.4 Å². The lowest BCUT2D eigenvalue weighted by Crippen LogP contribution is -2.15. The number of aliphatic hydroxyl groups is 1. The van der Waals surface area contributed by atoms with Gasteiger partial charge in [-0.2, -0.15) is 0 Å². The molecule has 594 valence electrons. The molecule has 12 aromatic rings. The second-order valence-electron chi connectivity index (χ2n) is 29.6. The predicted octanol–water partition coefficient (Wildman–Crippen LogP) is 21.8. The van der Waals surface area contributed by atoms with Crippen LogP contribution < -0.4 is 9.47 Å². The van der Waals surface area contributed by atoms with Crippen molar-refractivity contribution in [2.45, 2.75) is 159 Å². The third-order valence-corrected chi connectivity index (χ3v) is 20.5. The van der Waals surface area contributed by atoms with Crippen LogP contribution in [-0.4, -0.2) is 89.5 Å². The van der Waals surface area contributed by atoms with E-state index < -0.39 is 29.8 Å². The number of aromatic hydroxyl groups is 1. The van der Waals surface area contributed by atoms with E-state index in [0.717, 1.165) is 146 Å². The van der Waals surface area contributed by atoms with Crippen molar-refractivity contribution in [1.82, 2.24) is 20.6 Å². The highest BCUT2D eigenvalue weighted by molar-refractivity contribution is 6.32. The Morgan fingerprint density at radius 3 is 1.03 bits per heavy atom. The first-order valence-electron chi connectivity index (χ1n) is 37.8. The van der Waals surface area contributed by atoms with Crippen molar-refractivity contribution >= 4 is 80.8 Å². The number of carbonyl (C=O) groups is 4. The molecule has 0 radical (unpaired) electrons. The summed E-state index contributed by atoms with van der Waals surface area (Å²) in [4.78, 5) is 67.6. The fraction of sp³-hybridized carbons (Fsp3) is 0.269. The van der Waals surface area contributed by atoms with E-state index >= 15 is 0 Å². The fourth-order valence-corrected chi connectivity index (χ4v) is 15.0. The summed E-state index contributed by atoms with van der Waals surface area (Å²) in [6.45, 7) is 23.8. The molecule has 0 spiro atoms. The molecule has 0 unspecified atom stereocenters. The molecule has 0 amide bonds. The van der Waals surface area contributed by atoms with Crippen molar-refractivity contribution < 1.29 is 57.0 Å². The number of Topliss-reactive ketones (excluding diaryl/α,β-unsaturated/α-hetero) is 4. The van der Waals surface area contributed by atoms with E-state index in [1.54, 1.807) is 58.9 Å². The van der Waals surface area contributed by atoms with Crippen molar-refractivity contribution in [3.8, 4) is 61.8 Å². The highest BCUT2D eigenvalue weighted by Gasteiger charge is 2.37. The third kappa shape index (κ3) is 18.3. The molecule has 8 aromatic carbocycles. The molecule has 23 heteroatoms. The van der Waals surface area contributed by atoms with E-state index in [1.165, 1.54) is 6.92 Å². The molecule has 16 rings (SSSR count). The lowest BCUT2D eigenvalue weighted by atomic mass is 9.91. The van der Waals surface area contributed by atoms with Crippen LogP contribution in [0.5, 0.6) is 17.2 Å². The van der Waals surface area contributed by atoms with E-state index in [1.807, 2.05) is 200 Å². The first kappa shape index (κ1) is 83.6. The molecule has 4 aromatic heterocycles. The number of halogens is 3. The van der Waals surface area contributed by atoms with Crippen LogP contribution >= 0.6 is 34.8 Å². The van der Waals surface area contributed by atoms with Crippen LogP contribution in [0.15, 0.2) is 214 Å². The molecular weight excluding hydrogens is 1530 g/mol. The van der Waals surface area contributed by atoms with Crippen LogP contribution in [0.4, 0.5) is 0 Å². The second-order valence-corrected chi connectivity index (χ2v) is 30.9. The molecule has 116 heavy (non-hydrogen) atoms. The number of aryl methyl sites for hydroxylation is 4. The zero-order chi connectivity index (χ0) is 81.8. The smallest absolute Gasteiger partial charge is 0.169 e. The number of carbonyl (C=O) groups excluding carboxylic acids is 4. The van der Waals surface area contributed by atoms with Crippen LogP contribution in [0.1, 0.15) is 215 Å². The summed E-state index contributed by atoms with van der Waals surface area (Å²) in [5, 5.41) is 38.9. The number of benzene rings is 8. The van der Waals surface area contributed by atoms with Gasteiger partial charge in [-0.15, -0.1) is 0 Å². The minimum absolute atomic E-state index is 0. The van der Waals surface area contributed by atoms with Gasteiger partial charge in [-0.3, -0.25) is 39.1 Å². The maximum absolute atomic E-state index is 12.0. The van der Waals surface area contributed by atoms with Gasteiger partial charge in [-0.25, -0.2) is 0 Å². The number of phenols is 1. The Bertz CT molecular complexity index is 5820. The molecule has 0 bridgehead atoms. The molecule has 0 aliphatic carbocycles. The number of ketones is 4.